The lowest BCUT2D eigenvalue weighted by atomic mass is 9.76. The lowest BCUT2D eigenvalue weighted by Crippen LogP contribution is -2.34. The van der Waals surface area contributed by atoms with E-state index >= 15 is 0 Å². The van der Waals surface area contributed by atoms with Gasteiger partial charge in [0.05, 0.1) is 24.6 Å². The molecule has 134 valence electrons. The Kier molecular flexibility index (Phi) is 5.54. The highest BCUT2D eigenvalue weighted by Crippen LogP contribution is 2.38. The minimum atomic E-state index is -0.987. The first kappa shape index (κ1) is 18.6. The van der Waals surface area contributed by atoms with Crippen molar-refractivity contribution in [2.24, 2.45) is 16.9 Å². The summed E-state index contributed by atoms with van der Waals surface area (Å²) in [4.78, 5) is 13.1. The third-order valence-electron chi connectivity index (χ3n) is 4.65. The number of hydrogen-bond acceptors (Lipinski definition) is 4. The molecule has 0 spiro atoms. The lowest BCUT2D eigenvalue weighted by Gasteiger charge is -2.24. The van der Waals surface area contributed by atoms with Crippen LogP contribution < -0.4 is 0 Å². The molecule has 27 heavy (non-hydrogen) atoms. The molecule has 2 aromatic carbocycles. The summed E-state index contributed by atoms with van der Waals surface area (Å²) in [5.74, 6) is -2.50. The summed E-state index contributed by atoms with van der Waals surface area (Å²) >= 11 is 6.10. The summed E-state index contributed by atoms with van der Waals surface area (Å²) in [6.07, 6.45) is 0. The van der Waals surface area contributed by atoms with E-state index in [9.17, 15) is 15.3 Å². The van der Waals surface area contributed by atoms with Gasteiger partial charge in [-0.15, -0.1) is 0 Å². The third-order valence-corrected chi connectivity index (χ3v) is 4.89. The maximum atomic E-state index is 13.1. The molecule has 0 aromatic heterocycles. The first-order valence-electron chi connectivity index (χ1n) is 8.50. The van der Waals surface area contributed by atoms with Crippen LogP contribution in [0.25, 0.3) is 0 Å². The number of halogens is 1. The van der Waals surface area contributed by atoms with Crippen LogP contribution in [0, 0.1) is 34.5 Å². The molecule has 1 aliphatic rings. The molecular weight excluding hydrogens is 360 g/mol. The molecule has 0 unspecified atom stereocenters. The van der Waals surface area contributed by atoms with Crippen LogP contribution in [0.1, 0.15) is 24.0 Å². The van der Waals surface area contributed by atoms with Crippen LogP contribution in [0.4, 0.5) is 0 Å². The fourth-order valence-electron chi connectivity index (χ4n) is 3.40. The molecule has 0 aliphatic carbocycles. The molecule has 0 N–H and O–H groups in total. The van der Waals surface area contributed by atoms with Gasteiger partial charge in [-0.3, -0.25) is 4.79 Å². The van der Waals surface area contributed by atoms with E-state index in [4.69, 9.17) is 11.6 Å². The van der Waals surface area contributed by atoms with Gasteiger partial charge < -0.3 is 0 Å². The van der Waals surface area contributed by atoms with Gasteiger partial charge in [0.2, 0.25) is 0 Å². The van der Waals surface area contributed by atoms with Crippen molar-refractivity contribution in [3.05, 3.63) is 70.7 Å². The summed E-state index contributed by atoms with van der Waals surface area (Å²) in [6, 6.07) is 20.6. The lowest BCUT2D eigenvalue weighted by molar-refractivity contribution is -0.133. The van der Waals surface area contributed by atoms with Crippen molar-refractivity contribution in [3.8, 4) is 12.1 Å². The van der Waals surface area contributed by atoms with E-state index < -0.39 is 17.8 Å². The fraction of sp³-hybridized carbons (Fsp3) is 0.238. The summed E-state index contributed by atoms with van der Waals surface area (Å²) < 4.78 is 0. The summed E-state index contributed by atoms with van der Waals surface area (Å²) in [5, 5.41) is 25.3. The van der Waals surface area contributed by atoms with Crippen molar-refractivity contribution < 1.29 is 4.79 Å². The Bertz CT molecular complexity index is 944. The Balaban J connectivity index is 1.96. The molecular formula is C21H17ClN4O. The zero-order valence-corrected chi connectivity index (χ0v) is 15.5. The van der Waals surface area contributed by atoms with Crippen molar-refractivity contribution in [1.29, 1.82) is 10.5 Å². The Morgan fingerprint density at radius 1 is 1.15 bits per heavy atom. The van der Waals surface area contributed by atoms with E-state index in [2.05, 4.69) is 5.10 Å². The number of carbonyl (C=O) groups is 1. The van der Waals surface area contributed by atoms with Gasteiger partial charge in [-0.25, -0.2) is 5.01 Å². The zero-order valence-electron chi connectivity index (χ0n) is 14.7. The quantitative estimate of drug-likeness (QED) is 0.787. The van der Waals surface area contributed by atoms with Crippen molar-refractivity contribution in [3.63, 3.8) is 0 Å². The maximum absolute atomic E-state index is 13.1. The molecule has 5 nitrogen and oxygen atoms in total. The van der Waals surface area contributed by atoms with Gasteiger partial charge in [0.25, 0.3) is 5.91 Å². The Labute approximate surface area is 163 Å². The summed E-state index contributed by atoms with van der Waals surface area (Å²) in [6.45, 7) is 2.11. The van der Waals surface area contributed by atoms with Crippen LogP contribution in [0.5, 0.6) is 0 Å². The third kappa shape index (κ3) is 3.84. The number of benzene rings is 2. The molecule has 0 fully saturated rings. The number of amides is 1. The van der Waals surface area contributed by atoms with Gasteiger partial charge in [0, 0.05) is 16.7 Å². The second kappa shape index (κ2) is 8.03. The highest BCUT2D eigenvalue weighted by molar-refractivity contribution is 6.30. The molecule has 1 amide bonds. The molecule has 0 radical (unpaired) electrons. The number of carbonyl (C=O) groups excluding carboxylic acids is 1. The standard InChI is InChI=1S/C21H17ClN4O/c1-14-19(21(27)26(25-14)13-15-6-3-2-4-7-15)20(17(11-23)12-24)16-8-5-9-18(22)10-16/h2-10,17,19-20H,13H2,1H3/t19-,20-/m0/s1. The highest BCUT2D eigenvalue weighted by Gasteiger charge is 2.43. The maximum Gasteiger partial charge on any atom is 0.252 e. The van der Waals surface area contributed by atoms with Crippen LogP contribution in [0.2, 0.25) is 5.02 Å². The van der Waals surface area contributed by atoms with Gasteiger partial charge >= 0.3 is 0 Å². The largest absolute Gasteiger partial charge is 0.272 e. The highest BCUT2D eigenvalue weighted by atomic mass is 35.5. The number of nitriles is 2. The van der Waals surface area contributed by atoms with Crippen LogP contribution in [0.3, 0.4) is 0 Å². The second-order valence-corrected chi connectivity index (χ2v) is 6.85. The van der Waals surface area contributed by atoms with E-state index in [1.807, 2.05) is 42.5 Å². The minimum absolute atomic E-state index is 0.211. The fourth-order valence-corrected chi connectivity index (χ4v) is 3.60. The summed E-state index contributed by atoms with van der Waals surface area (Å²) in [7, 11) is 0. The minimum Gasteiger partial charge on any atom is -0.272 e. The van der Waals surface area contributed by atoms with E-state index in [1.54, 1.807) is 31.2 Å². The van der Waals surface area contributed by atoms with Gasteiger partial charge in [-0.2, -0.15) is 15.6 Å². The van der Waals surface area contributed by atoms with Gasteiger partial charge in [-0.1, -0.05) is 54.1 Å². The van der Waals surface area contributed by atoms with Crippen molar-refractivity contribution >= 4 is 23.2 Å². The second-order valence-electron chi connectivity index (χ2n) is 6.42. The molecule has 0 bridgehead atoms. The number of rotatable bonds is 5. The molecule has 6 heteroatoms. The molecule has 1 heterocycles. The first-order chi connectivity index (χ1) is 13.0. The predicted molar refractivity (Wildman–Crippen MR) is 103 cm³/mol. The van der Waals surface area contributed by atoms with Gasteiger partial charge in [-0.05, 0) is 30.2 Å². The molecule has 0 saturated heterocycles. The van der Waals surface area contributed by atoms with Crippen LogP contribution in [0.15, 0.2) is 59.7 Å². The molecule has 3 rings (SSSR count). The van der Waals surface area contributed by atoms with E-state index in [-0.39, 0.29) is 5.91 Å². The van der Waals surface area contributed by atoms with Crippen LogP contribution in [-0.4, -0.2) is 16.6 Å². The Hall–Kier alpha value is -3.15. The SMILES string of the molecule is CC1=NN(Cc2ccccc2)C(=O)[C@@H]1[C@@H](c1cccc(Cl)c1)C(C#N)C#N. The van der Waals surface area contributed by atoms with Gasteiger partial charge in [0.15, 0.2) is 0 Å². The van der Waals surface area contributed by atoms with Crippen LogP contribution >= 0.6 is 11.6 Å². The molecule has 2 atom stereocenters. The van der Waals surface area contributed by atoms with E-state index in [0.29, 0.717) is 22.8 Å². The van der Waals surface area contributed by atoms with Crippen molar-refractivity contribution in [2.45, 2.75) is 19.4 Å². The Morgan fingerprint density at radius 2 is 1.85 bits per heavy atom. The van der Waals surface area contributed by atoms with E-state index in [0.717, 1.165) is 5.56 Å². The van der Waals surface area contributed by atoms with Crippen molar-refractivity contribution in [1.82, 2.24) is 5.01 Å². The number of hydrogen-bond donors (Lipinski definition) is 0. The average molecular weight is 377 g/mol. The van der Waals surface area contributed by atoms with E-state index in [1.165, 1.54) is 5.01 Å². The average Bonchev–Trinajstić information content (AvgIpc) is 2.94. The smallest absolute Gasteiger partial charge is 0.252 e. The molecule has 2 aromatic rings. The zero-order chi connectivity index (χ0) is 19.4. The molecule has 1 aliphatic heterocycles. The normalized spacial score (nSPS) is 17.4. The molecule has 0 saturated carbocycles. The van der Waals surface area contributed by atoms with Gasteiger partial charge in [0.1, 0.15) is 5.92 Å². The number of hydrazone groups is 1. The number of nitrogens with zero attached hydrogens (tertiary/aromatic N) is 4. The van der Waals surface area contributed by atoms with Crippen molar-refractivity contribution in [2.75, 3.05) is 0 Å². The first-order valence-corrected chi connectivity index (χ1v) is 8.88. The van der Waals surface area contributed by atoms with Crippen LogP contribution in [-0.2, 0) is 11.3 Å². The summed E-state index contributed by atoms with van der Waals surface area (Å²) in [5.41, 5.74) is 2.24. The monoisotopic (exact) mass is 376 g/mol. The topological polar surface area (TPSA) is 80.2 Å². The Morgan fingerprint density at radius 3 is 2.48 bits per heavy atom. The predicted octanol–water partition coefficient (Wildman–Crippen LogP) is 4.12.